The highest BCUT2D eigenvalue weighted by atomic mass is 16.5. The van der Waals surface area contributed by atoms with Gasteiger partial charge in [0.25, 0.3) is 0 Å². The predicted octanol–water partition coefficient (Wildman–Crippen LogP) is 2.07. The van der Waals surface area contributed by atoms with Crippen molar-refractivity contribution in [2.75, 3.05) is 25.6 Å². The van der Waals surface area contributed by atoms with Crippen molar-refractivity contribution in [3.8, 4) is 11.6 Å². The van der Waals surface area contributed by atoms with Gasteiger partial charge in [0, 0.05) is 18.2 Å². The number of anilines is 1. The van der Waals surface area contributed by atoms with Crippen LogP contribution in [0.15, 0.2) is 42.6 Å². The number of nitrogens with zero attached hydrogens (tertiary/aromatic N) is 1. The van der Waals surface area contributed by atoms with E-state index in [-0.39, 0.29) is 13.2 Å². The summed E-state index contributed by atoms with van der Waals surface area (Å²) in [5.41, 5.74) is 1.97. The maximum Gasteiger partial charge on any atom is 0.213 e. The summed E-state index contributed by atoms with van der Waals surface area (Å²) in [6.45, 7) is 0.888. The molecule has 0 aliphatic heterocycles. The summed E-state index contributed by atoms with van der Waals surface area (Å²) in [6.07, 6.45) is 1.70. The smallest absolute Gasteiger partial charge is 0.213 e. The highest BCUT2D eigenvalue weighted by Gasteiger charge is 2.02. The van der Waals surface area contributed by atoms with Gasteiger partial charge in [0.15, 0.2) is 0 Å². The summed E-state index contributed by atoms with van der Waals surface area (Å²) >= 11 is 0. The van der Waals surface area contributed by atoms with Gasteiger partial charge in [-0.2, -0.15) is 0 Å². The third-order valence-corrected chi connectivity index (χ3v) is 2.75. The van der Waals surface area contributed by atoms with E-state index in [9.17, 15) is 0 Å². The van der Waals surface area contributed by atoms with Crippen molar-refractivity contribution in [3.05, 3.63) is 48.2 Å². The lowest BCUT2D eigenvalue weighted by molar-refractivity contribution is 0.196. The quantitative estimate of drug-likeness (QED) is 0.809. The van der Waals surface area contributed by atoms with Crippen LogP contribution in [0.5, 0.6) is 11.6 Å². The first-order valence-electron chi connectivity index (χ1n) is 6.39. The molecule has 0 aliphatic rings. The lowest BCUT2D eigenvalue weighted by atomic mass is 10.2. The number of rotatable bonds is 7. The van der Waals surface area contributed by atoms with Crippen LogP contribution < -0.4 is 14.8 Å². The summed E-state index contributed by atoms with van der Waals surface area (Å²) in [4.78, 5) is 4.14. The van der Waals surface area contributed by atoms with Crippen molar-refractivity contribution in [2.45, 2.75) is 6.54 Å². The van der Waals surface area contributed by atoms with Gasteiger partial charge in [-0.15, -0.1) is 0 Å². The molecular formula is C15H18N2O3. The second-order valence-corrected chi connectivity index (χ2v) is 4.12. The largest absolute Gasteiger partial charge is 0.496 e. The van der Waals surface area contributed by atoms with Crippen LogP contribution in [0.25, 0.3) is 0 Å². The van der Waals surface area contributed by atoms with Gasteiger partial charge in [0.2, 0.25) is 5.88 Å². The average molecular weight is 274 g/mol. The van der Waals surface area contributed by atoms with Crippen LogP contribution in [0.1, 0.15) is 5.56 Å². The molecule has 0 unspecified atom stereocenters. The van der Waals surface area contributed by atoms with Crippen LogP contribution in [-0.4, -0.2) is 30.4 Å². The molecule has 1 heterocycles. The summed E-state index contributed by atoms with van der Waals surface area (Å²) in [6, 6.07) is 11.5. The molecule has 1 aromatic carbocycles. The Kier molecular flexibility index (Phi) is 5.20. The third-order valence-electron chi connectivity index (χ3n) is 2.75. The van der Waals surface area contributed by atoms with E-state index in [0.717, 1.165) is 17.0 Å². The molecule has 0 amide bonds. The van der Waals surface area contributed by atoms with Crippen molar-refractivity contribution in [2.24, 2.45) is 0 Å². The molecule has 0 saturated heterocycles. The summed E-state index contributed by atoms with van der Waals surface area (Å²) < 4.78 is 10.5. The second-order valence-electron chi connectivity index (χ2n) is 4.12. The van der Waals surface area contributed by atoms with Gasteiger partial charge in [0.1, 0.15) is 12.4 Å². The third kappa shape index (κ3) is 3.86. The number of ether oxygens (including phenoxy) is 2. The number of benzene rings is 1. The molecule has 5 heteroatoms. The Morgan fingerprint density at radius 2 is 2.05 bits per heavy atom. The second kappa shape index (κ2) is 7.35. The molecule has 2 N–H and O–H groups in total. The molecule has 0 atom stereocenters. The maximum atomic E-state index is 8.66. The number of hydrogen-bond donors (Lipinski definition) is 2. The Hall–Kier alpha value is -2.27. The molecule has 0 bridgehead atoms. The number of methoxy groups -OCH3 is 1. The molecule has 1 aromatic heterocycles. The van der Waals surface area contributed by atoms with Crippen molar-refractivity contribution in [1.29, 1.82) is 0 Å². The minimum Gasteiger partial charge on any atom is -0.496 e. The van der Waals surface area contributed by atoms with Gasteiger partial charge in [0.05, 0.1) is 25.6 Å². The number of pyridine rings is 1. The van der Waals surface area contributed by atoms with Gasteiger partial charge < -0.3 is 19.9 Å². The first kappa shape index (κ1) is 14.1. The van der Waals surface area contributed by atoms with Crippen LogP contribution in [0.3, 0.4) is 0 Å². The number of aromatic nitrogens is 1. The van der Waals surface area contributed by atoms with E-state index in [4.69, 9.17) is 14.6 Å². The lowest BCUT2D eigenvalue weighted by Gasteiger charge is -2.10. The summed E-state index contributed by atoms with van der Waals surface area (Å²) in [5.74, 6) is 1.36. The van der Waals surface area contributed by atoms with E-state index < -0.39 is 0 Å². The highest BCUT2D eigenvalue weighted by Crippen LogP contribution is 2.19. The number of aliphatic hydroxyl groups is 1. The molecule has 0 spiro atoms. The Morgan fingerprint density at radius 3 is 2.75 bits per heavy atom. The van der Waals surface area contributed by atoms with Gasteiger partial charge in [-0.25, -0.2) is 4.98 Å². The van der Waals surface area contributed by atoms with Gasteiger partial charge in [-0.1, -0.05) is 18.2 Å². The van der Waals surface area contributed by atoms with Gasteiger partial charge in [-0.3, -0.25) is 0 Å². The zero-order valence-corrected chi connectivity index (χ0v) is 11.4. The molecule has 106 valence electrons. The number of nitrogens with one attached hydrogen (secondary N) is 1. The fourth-order valence-corrected chi connectivity index (χ4v) is 1.77. The predicted molar refractivity (Wildman–Crippen MR) is 77.1 cm³/mol. The van der Waals surface area contributed by atoms with Gasteiger partial charge in [-0.05, 0) is 12.1 Å². The van der Waals surface area contributed by atoms with E-state index >= 15 is 0 Å². The number of hydrogen-bond acceptors (Lipinski definition) is 5. The summed E-state index contributed by atoms with van der Waals surface area (Å²) in [7, 11) is 1.66. The van der Waals surface area contributed by atoms with Gasteiger partial charge >= 0.3 is 0 Å². The van der Waals surface area contributed by atoms with E-state index in [1.165, 1.54) is 0 Å². The number of aliphatic hydroxyl groups excluding tert-OH is 1. The maximum absolute atomic E-state index is 8.66. The topological polar surface area (TPSA) is 63.6 Å². The van der Waals surface area contributed by atoms with E-state index in [2.05, 4.69) is 10.3 Å². The van der Waals surface area contributed by atoms with E-state index in [1.54, 1.807) is 19.4 Å². The van der Waals surface area contributed by atoms with E-state index in [0.29, 0.717) is 12.4 Å². The normalized spacial score (nSPS) is 10.1. The number of para-hydroxylation sites is 1. The molecule has 2 aromatic rings. The Morgan fingerprint density at radius 1 is 1.20 bits per heavy atom. The molecule has 20 heavy (non-hydrogen) atoms. The minimum absolute atomic E-state index is 0.0184. The molecule has 2 rings (SSSR count). The SMILES string of the molecule is COc1ccccc1CNc1ccc(OCCO)nc1. The van der Waals surface area contributed by atoms with Crippen molar-refractivity contribution >= 4 is 5.69 Å². The Bertz CT molecular complexity index is 529. The first-order chi connectivity index (χ1) is 9.83. The molecule has 5 nitrogen and oxygen atoms in total. The fourth-order valence-electron chi connectivity index (χ4n) is 1.77. The minimum atomic E-state index is -0.0184. The van der Waals surface area contributed by atoms with Crippen LogP contribution in [-0.2, 0) is 6.54 Å². The average Bonchev–Trinajstić information content (AvgIpc) is 2.52. The van der Waals surface area contributed by atoms with Crippen LogP contribution in [0.2, 0.25) is 0 Å². The summed E-state index contributed by atoms with van der Waals surface area (Å²) in [5, 5.41) is 11.9. The van der Waals surface area contributed by atoms with Crippen LogP contribution in [0.4, 0.5) is 5.69 Å². The van der Waals surface area contributed by atoms with Crippen LogP contribution >= 0.6 is 0 Å². The van der Waals surface area contributed by atoms with Crippen molar-refractivity contribution in [1.82, 2.24) is 4.98 Å². The van der Waals surface area contributed by atoms with E-state index in [1.807, 2.05) is 30.3 Å². The molecule has 0 radical (unpaired) electrons. The highest BCUT2D eigenvalue weighted by molar-refractivity contribution is 5.44. The molecule has 0 saturated carbocycles. The molecular weight excluding hydrogens is 256 g/mol. The molecule has 0 aliphatic carbocycles. The van der Waals surface area contributed by atoms with Crippen molar-refractivity contribution < 1.29 is 14.6 Å². The lowest BCUT2D eigenvalue weighted by Crippen LogP contribution is -2.04. The fraction of sp³-hybridized carbons (Fsp3) is 0.267. The Labute approximate surface area is 118 Å². The van der Waals surface area contributed by atoms with Crippen LogP contribution in [0, 0.1) is 0 Å². The van der Waals surface area contributed by atoms with Crippen molar-refractivity contribution in [3.63, 3.8) is 0 Å². The first-order valence-corrected chi connectivity index (χ1v) is 6.39. The zero-order chi connectivity index (χ0) is 14.2. The zero-order valence-electron chi connectivity index (χ0n) is 11.4. The standard InChI is InChI=1S/C15H18N2O3/c1-19-14-5-3-2-4-12(14)10-16-13-6-7-15(17-11-13)20-9-8-18/h2-7,11,16,18H,8-10H2,1H3. The molecule has 0 fully saturated rings. The Balaban J connectivity index is 1.93. The monoisotopic (exact) mass is 274 g/mol.